The SMILES string of the molecule is COc1ccc(S(=O)(=O)Nc2ccc(-n3cnc(Cl)c3)c(OC)c2)cc1OC. The molecule has 148 valence electrons. The Kier molecular flexibility index (Phi) is 5.66. The van der Waals surface area contributed by atoms with Crippen LogP contribution in [0.15, 0.2) is 53.8 Å². The molecule has 0 aliphatic rings. The third kappa shape index (κ3) is 4.00. The summed E-state index contributed by atoms with van der Waals surface area (Å²) in [6.07, 6.45) is 3.15. The van der Waals surface area contributed by atoms with Gasteiger partial charge in [-0.15, -0.1) is 0 Å². The van der Waals surface area contributed by atoms with E-state index >= 15 is 0 Å². The van der Waals surface area contributed by atoms with Gasteiger partial charge in [-0.2, -0.15) is 0 Å². The number of rotatable bonds is 7. The molecule has 0 aliphatic carbocycles. The molecule has 0 aliphatic heterocycles. The van der Waals surface area contributed by atoms with Gasteiger partial charge in [-0.1, -0.05) is 11.6 Å². The van der Waals surface area contributed by atoms with Crippen molar-refractivity contribution in [3.8, 4) is 22.9 Å². The second-order valence-electron chi connectivity index (χ2n) is 5.61. The Morgan fingerprint density at radius 3 is 2.29 bits per heavy atom. The number of halogens is 1. The van der Waals surface area contributed by atoms with Crippen LogP contribution in [0.3, 0.4) is 0 Å². The zero-order valence-electron chi connectivity index (χ0n) is 15.3. The van der Waals surface area contributed by atoms with Gasteiger partial charge in [0.1, 0.15) is 17.2 Å². The number of hydrogen-bond donors (Lipinski definition) is 1. The normalized spacial score (nSPS) is 11.1. The fraction of sp³-hybridized carbons (Fsp3) is 0.167. The Labute approximate surface area is 167 Å². The number of anilines is 1. The molecular formula is C18H18ClN3O5S. The van der Waals surface area contributed by atoms with Crippen LogP contribution in [0.4, 0.5) is 5.69 Å². The molecule has 0 amide bonds. The third-order valence-corrected chi connectivity index (χ3v) is 5.50. The lowest BCUT2D eigenvalue weighted by Gasteiger charge is -2.14. The first-order chi connectivity index (χ1) is 13.4. The van der Waals surface area contributed by atoms with Crippen LogP contribution in [0, 0.1) is 0 Å². The van der Waals surface area contributed by atoms with Crippen LogP contribution in [-0.4, -0.2) is 39.3 Å². The number of imidazole rings is 1. The summed E-state index contributed by atoms with van der Waals surface area (Å²) in [6.45, 7) is 0. The van der Waals surface area contributed by atoms with Gasteiger partial charge < -0.3 is 18.8 Å². The van der Waals surface area contributed by atoms with Gasteiger partial charge in [0.15, 0.2) is 11.5 Å². The molecule has 0 fully saturated rings. The van der Waals surface area contributed by atoms with E-state index in [4.69, 9.17) is 25.8 Å². The van der Waals surface area contributed by atoms with Crippen molar-refractivity contribution in [2.24, 2.45) is 0 Å². The molecule has 1 heterocycles. The van der Waals surface area contributed by atoms with Crippen LogP contribution in [0.5, 0.6) is 17.2 Å². The van der Waals surface area contributed by atoms with Gasteiger partial charge in [0.2, 0.25) is 0 Å². The van der Waals surface area contributed by atoms with Crippen molar-refractivity contribution in [2.75, 3.05) is 26.1 Å². The Balaban J connectivity index is 1.92. The molecule has 0 atom stereocenters. The minimum Gasteiger partial charge on any atom is -0.494 e. The van der Waals surface area contributed by atoms with Crippen molar-refractivity contribution in [3.05, 3.63) is 54.1 Å². The average molecular weight is 424 g/mol. The zero-order chi connectivity index (χ0) is 20.3. The van der Waals surface area contributed by atoms with Crippen LogP contribution in [-0.2, 0) is 10.0 Å². The van der Waals surface area contributed by atoms with Crippen LogP contribution >= 0.6 is 11.6 Å². The van der Waals surface area contributed by atoms with E-state index in [1.54, 1.807) is 29.0 Å². The van der Waals surface area contributed by atoms with Gasteiger partial charge in [-0.3, -0.25) is 4.72 Å². The number of nitrogens with one attached hydrogen (secondary N) is 1. The largest absolute Gasteiger partial charge is 0.494 e. The summed E-state index contributed by atoms with van der Waals surface area (Å²) in [5.41, 5.74) is 0.998. The van der Waals surface area contributed by atoms with E-state index < -0.39 is 10.0 Å². The molecule has 2 aromatic carbocycles. The predicted molar refractivity (Wildman–Crippen MR) is 105 cm³/mol. The molecule has 0 spiro atoms. The van der Waals surface area contributed by atoms with E-state index in [9.17, 15) is 8.42 Å². The molecule has 0 radical (unpaired) electrons. The quantitative estimate of drug-likeness (QED) is 0.626. The van der Waals surface area contributed by atoms with E-state index in [0.717, 1.165) is 0 Å². The van der Waals surface area contributed by atoms with Gasteiger partial charge in [0.25, 0.3) is 10.0 Å². The monoisotopic (exact) mass is 423 g/mol. The van der Waals surface area contributed by atoms with Crippen LogP contribution in [0.1, 0.15) is 0 Å². The summed E-state index contributed by atoms with van der Waals surface area (Å²) >= 11 is 5.85. The lowest BCUT2D eigenvalue weighted by molar-refractivity contribution is 0.354. The highest BCUT2D eigenvalue weighted by Gasteiger charge is 2.18. The molecule has 3 aromatic rings. The lowest BCUT2D eigenvalue weighted by atomic mass is 10.2. The van der Waals surface area contributed by atoms with Crippen LogP contribution in [0.2, 0.25) is 5.15 Å². The van der Waals surface area contributed by atoms with E-state index in [1.165, 1.54) is 45.9 Å². The fourth-order valence-corrected chi connectivity index (χ4v) is 3.80. The second-order valence-corrected chi connectivity index (χ2v) is 7.68. The van der Waals surface area contributed by atoms with Crippen molar-refractivity contribution >= 4 is 27.3 Å². The molecule has 1 N–H and O–H groups in total. The van der Waals surface area contributed by atoms with Gasteiger partial charge >= 0.3 is 0 Å². The maximum atomic E-state index is 12.7. The van der Waals surface area contributed by atoms with Crippen molar-refractivity contribution in [1.82, 2.24) is 9.55 Å². The van der Waals surface area contributed by atoms with Crippen molar-refractivity contribution in [1.29, 1.82) is 0 Å². The number of hydrogen-bond acceptors (Lipinski definition) is 6. The Morgan fingerprint density at radius 1 is 0.964 bits per heavy atom. The maximum Gasteiger partial charge on any atom is 0.262 e. The highest BCUT2D eigenvalue weighted by atomic mass is 35.5. The van der Waals surface area contributed by atoms with Crippen LogP contribution in [0.25, 0.3) is 5.69 Å². The predicted octanol–water partition coefficient (Wildman–Crippen LogP) is 3.35. The van der Waals surface area contributed by atoms with E-state index in [0.29, 0.717) is 33.8 Å². The summed E-state index contributed by atoms with van der Waals surface area (Å²) < 4.78 is 45.4. The average Bonchev–Trinajstić information content (AvgIpc) is 3.13. The number of aromatic nitrogens is 2. The molecule has 0 bridgehead atoms. The highest BCUT2D eigenvalue weighted by molar-refractivity contribution is 7.92. The first-order valence-corrected chi connectivity index (χ1v) is 9.87. The second kappa shape index (κ2) is 7.99. The first kappa shape index (κ1) is 19.8. The van der Waals surface area contributed by atoms with Crippen LogP contribution < -0.4 is 18.9 Å². The zero-order valence-corrected chi connectivity index (χ0v) is 16.9. The molecule has 8 nitrogen and oxygen atoms in total. The van der Waals surface area contributed by atoms with Gasteiger partial charge in [-0.05, 0) is 24.3 Å². The number of benzene rings is 2. The Bertz CT molecular complexity index is 1100. The van der Waals surface area contributed by atoms with Crippen molar-refractivity contribution in [3.63, 3.8) is 0 Å². The summed E-state index contributed by atoms with van der Waals surface area (Å²) in [5.74, 6) is 1.20. The molecule has 28 heavy (non-hydrogen) atoms. The molecular weight excluding hydrogens is 406 g/mol. The summed E-state index contributed by atoms with van der Waals surface area (Å²) in [5, 5.41) is 0.334. The number of sulfonamides is 1. The number of ether oxygens (including phenoxy) is 3. The molecule has 0 saturated carbocycles. The molecule has 0 unspecified atom stereocenters. The highest BCUT2D eigenvalue weighted by Crippen LogP contribution is 2.32. The molecule has 10 heteroatoms. The third-order valence-electron chi connectivity index (χ3n) is 3.93. The Hall–Kier alpha value is -2.91. The Morgan fingerprint density at radius 2 is 1.68 bits per heavy atom. The van der Waals surface area contributed by atoms with E-state index in [-0.39, 0.29) is 4.90 Å². The van der Waals surface area contributed by atoms with Gasteiger partial charge in [0.05, 0.1) is 37.6 Å². The summed E-state index contributed by atoms with van der Waals surface area (Å²) in [7, 11) is 0.555. The van der Waals surface area contributed by atoms with Crippen molar-refractivity contribution in [2.45, 2.75) is 4.90 Å². The molecule has 3 rings (SSSR count). The first-order valence-electron chi connectivity index (χ1n) is 8.00. The topological polar surface area (TPSA) is 91.7 Å². The minimum atomic E-state index is -3.85. The van der Waals surface area contributed by atoms with Gasteiger partial charge in [0, 0.05) is 18.3 Å². The molecule has 1 aromatic heterocycles. The maximum absolute atomic E-state index is 12.7. The number of methoxy groups -OCH3 is 3. The lowest BCUT2D eigenvalue weighted by Crippen LogP contribution is -2.13. The fourth-order valence-electron chi connectivity index (χ4n) is 2.58. The van der Waals surface area contributed by atoms with Gasteiger partial charge in [-0.25, -0.2) is 13.4 Å². The molecule has 0 saturated heterocycles. The number of nitrogens with zero attached hydrogens (tertiary/aromatic N) is 2. The minimum absolute atomic E-state index is 0.0367. The summed E-state index contributed by atoms with van der Waals surface area (Å²) in [6, 6.07) is 9.23. The van der Waals surface area contributed by atoms with E-state index in [2.05, 4.69) is 9.71 Å². The van der Waals surface area contributed by atoms with Crippen molar-refractivity contribution < 1.29 is 22.6 Å². The smallest absolute Gasteiger partial charge is 0.262 e. The summed E-state index contributed by atoms with van der Waals surface area (Å²) in [4.78, 5) is 4.00. The standard InChI is InChI=1S/C18H18ClN3O5S/c1-25-15-7-5-13(9-17(15)27-3)28(23,24)21-12-4-6-14(16(8-12)26-2)22-10-18(19)20-11-22/h4-11,21H,1-3H3. The van der Waals surface area contributed by atoms with E-state index in [1.807, 2.05) is 0 Å².